The summed E-state index contributed by atoms with van der Waals surface area (Å²) < 4.78 is 41.6. The molecule has 2 aliphatic heterocycles. The van der Waals surface area contributed by atoms with Crippen molar-refractivity contribution in [1.82, 2.24) is 20.7 Å². The van der Waals surface area contributed by atoms with Gasteiger partial charge in [-0.25, -0.2) is 12.8 Å². The monoisotopic (exact) mass is 546 g/mol. The summed E-state index contributed by atoms with van der Waals surface area (Å²) in [5.41, 5.74) is 0.418. The number of piperidine rings is 1. The largest absolute Gasteiger partial charge is 0.480 e. The number of guanidine groups is 1. The van der Waals surface area contributed by atoms with Crippen LogP contribution in [0.5, 0.6) is 0 Å². The van der Waals surface area contributed by atoms with Gasteiger partial charge < -0.3 is 26.0 Å². The van der Waals surface area contributed by atoms with Crippen LogP contribution < -0.4 is 25.6 Å². The van der Waals surface area contributed by atoms with E-state index in [1.807, 2.05) is 0 Å². The van der Waals surface area contributed by atoms with Crippen molar-refractivity contribution in [2.24, 2.45) is 4.99 Å². The Hall–Kier alpha value is -3.71. The van der Waals surface area contributed by atoms with Crippen LogP contribution in [-0.4, -0.2) is 76.2 Å². The lowest BCUT2D eigenvalue weighted by Gasteiger charge is -2.35. The minimum absolute atomic E-state index is 0.113. The molecule has 2 aliphatic rings. The smallest absolute Gasteiger partial charge is 0.323 e. The van der Waals surface area contributed by atoms with Crippen molar-refractivity contribution < 1.29 is 27.5 Å². The number of nitrogens with one attached hydrogen (secondary N) is 4. The normalized spacial score (nSPS) is 17.2. The minimum atomic E-state index is -4.14. The molecule has 204 valence electrons. The van der Waals surface area contributed by atoms with E-state index in [9.17, 15) is 27.5 Å². The number of halogens is 1. The fourth-order valence-corrected chi connectivity index (χ4v) is 5.52. The Kier molecular flexibility index (Phi) is 8.79. The number of hydrogen-bond acceptors (Lipinski definition) is 8. The Bertz CT molecular complexity index is 1280. The number of benzene rings is 2. The third kappa shape index (κ3) is 6.98. The van der Waals surface area contributed by atoms with Crippen LogP contribution in [0.4, 0.5) is 10.1 Å². The molecule has 0 radical (unpaired) electrons. The molecule has 0 aromatic heterocycles. The maximum Gasteiger partial charge on any atom is 0.323 e. The Morgan fingerprint density at radius 1 is 1.16 bits per heavy atom. The van der Waals surface area contributed by atoms with Gasteiger partial charge >= 0.3 is 5.97 Å². The minimum Gasteiger partial charge on any atom is -0.480 e. The van der Waals surface area contributed by atoms with Crippen molar-refractivity contribution in [3.8, 4) is 0 Å². The van der Waals surface area contributed by atoms with Crippen molar-refractivity contribution >= 4 is 33.5 Å². The summed E-state index contributed by atoms with van der Waals surface area (Å²) in [6, 6.07) is 10.1. The van der Waals surface area contributed by atoms with Crippen LogP contribution in [0, 0.1) is 5.82 Å². The van der Waals surface area contributed by atoms with Gasteiger partial charge in [-0.1, -0.05) is 18.2 Å². The van der Waals surface area contributed by atoms with Crippen LogP contribution in [-0.2, 0) is 14.8 Å². The van der Waals surface area contributed by atoms with Crippen LogP contribution in [0.15, 0.2) is 58.4 Å². The Labute approximate surface area is 220 Å². The van der Waals surface area contributed by atoms with Crippen LogP contribution in [0.2, 0.25) is 0 Å². The second-order valence-electron chi connectivity index (χ2n) is 9.12. The Balaban J connectivity index is 1.36. The van der Waals surface area contributed by atoms with Crippen molar-refractivity contribution in [3.05, 3.63) is 59.9 Å². The molecule has 0 aliphatic carbocycles. The van der Waals surface area contributed by atoms with Crippen LogP contribution >= 0.6 is 0 Å². The van der Waals surface area contributed by atoms with E-state index >= 15 is 0 Å². The first-order valence-corrected chi connectivity index (χ1v) is 13.9. The summed E-state index contributed by atoms with van der Waals surface area (Å²) in [5.74, 6) is -2.26. The molecule has 0 bridgehead atoms. The lowest BCUT2D eigenvalue weighted by atomic mass is 10.0. The third-order valence-corrected chi connectivity index (χ3v) is 7.90. The summed E-state index contributed by atoms with van der Waals surface area (Å²) in [5, 5.41) is 18.5. The molecule has 0 spiro atoms. The number of carbonyl (C=O) groups excluding carboxylic acids is 1. The maximum absolute atomic E-state index is 14.5. The van der Waals surface area contributed by atoms with Crippen molar-refractivity contribution in [2.75, 3.05) is 37.6 Å². The summed E-state index contributed by atoms with van der Waals surface area (Å²) in [6.45, 7) is 2.52. The van der Waals surface area contributed by atoms with Crippen molar-refractivity contribution in [2.45, 2.75) is 36.2 Å². The Morgan fingerprint density at radius 3 is 2.55 bits per heavy atom. The molecule has 1 amide bonds. The molecular formula is C25H31FN6O5S. The number of anilines is 1. The first kappa shape index (κ1) is 27.3. The van der Waals surface area contributed by atoms with Gasteiger partial charge in [0.05, 0.1) is 10.5 Å². The second-order valence-corrected chi connectivity index (χ2v) is 10.8. The molecule has 2 aromatic rings. The molecule has 0 unspecified atom stereocenters. The molecule has 1 fully saturated rings. The third-order valence-electron chi connectivity index (χ3n) is 6.41. The summed E-state index contributed by atoms with van der Waals surface area (Å²) in [7, 11) is -4.14. The lowest BCUT2D eigenvalue weighted by molar-refractivity contribution is -0.138. The van der Waals surface area contributed by atoms with E-state index in [1.54, 1.807) is 12.1 Å². The van der Waals surface area contributed by atoms with Crippen LogP contribution in [0.3, 0.4) is 0 Å². The topological polar surface area (TPSA) is 152 Å². The molecule has 5 N–H and O–H groups in total. The van der Waals surface area contributed by atoms with Gasteiger partial charge in [0.15, 0.2) is 5.96 Å². The number of carbonyl (C=O) groups is 2. The molecule has 11 nitrogen and oxygen atoms in total. The summed E-state index contributed by atoms with van der Waals surface area (Å²) in [4.78, 5) is 30.8. The highest BCUT2D eigenvalue weighted by molar-refractivity contribution is 7.89. The van der Waals surface area contributed by atoms with E-state index in [2.05, 4.69) is 30.6 Å². The number of carboxylic acids is 1. The predicted octanol–water partition coefficient (Wildman–Crippen LogP) is 0.895. The quantitative estimate of drug-likeness (QED) is 0.311. The number of aliphatic carboxylic acids is 1. The molecule has 2 heterocycles. The van der Waals surface area contributed by atoms with E-state index in [0.717, 1.165) is 38.3 Å². The van der Waals surface area contributed by atoms with Gasteiger partial charge in [0.2, 0.25) is 10.0 Å². The van der Waals surface area contributed by atoms with Crippen LogP contribution in [0.1, 0.15) is 29.6 Å². The fraction of sp³-hybridized carbons (Fsp3) is 0.400. The number of amides is 1. The van der Waals surface area contributed by atoms with Gasteiger partial charge in [0.1, 0.15) is 11.9 Å². The van der Waals surface area contributed by atoms with Crippen molar-refractivity contribution in [3.63, 3.8) is 0 Å². The number of hydrogen-bond donors (Lipinski definition) is 5. The summed E-state index contributed by atoms with van der Waals surface area (Å²) >= 11 is 0. The molecule has 1 atom stereocenters. The highest BCUT2D eigenvalue weighted by atomic mass is 32.2. The first-order valence-electron chi connectivity index (χ1n) is 12.4. The van der Waals surface area contributed by atoms with Gasteiger partial charge in [-0.15, -0.1) is 0 Å². The molecule has 38 heavy (non-hydrogen) atoms. The zero-order chi connectivity index (χ0) is 27.1. The molecular weight excluding hydrogens is 515 g/mol. The first-order chi connectivity index (χ1) is 18.2. The number of rotatable bonds is 9. The molecule has 0 saturated carbocycles. The average molecular weight is 547 g/mol. The number of aliphatic imine (C=N–C) groups is 1. The van der Waals surface area contributed by atoms with Crippen LogP contribution in [0.25, 0.3) is 0 Å². The summed E-state index contributed by atoms with van der Waals surface area (Å²) in [6.07, 6.45) is 2.69. The van der Waals surface area contributed by atoms with Gasteiger partial charge in [0, 0.05) is 44.5 Å². The van der Waals surface area contributed by atoms with Gasteiger partial charge in [-0.05, 0) is 49.6 Å². The van der Waals surface area contributed by atoms with E-state index < -0.39 is 40.3 Å². The highest BCUT2D eigenvalue weighted by Crippen LogP contribution is 2.23. The Morgan fingerprint density at radius 2 is 1.89 bits per heavy atom. The average Bonchev–Trinajstić information content (AvgIpc) is 2.92. The van der Waals surface area contributed by atoms with E-state index in [1.165, 1.54) is 36.4 Å². The maximum atomic E-state index is 14.5. The molecule has 13 heteroatoms. The molecule has 1 saturated heterocycles. The number of sulfonamides is 1. The van der Waals surface area contributed by atoms with E-state index in [4.69, 9.17) is 0 Å². The zero-order valence-electron chi connectivity index (χ0n) is 20.7. The van der Waals surface area contributed by atoms with Gasteiger partial charge in [-0.3, -0.25) is 14.6 Å². The molecule has 4 rings (SSSR count). The molecule has 2 aromatic carbocycles. The van der Waals surface area contributed by atoms with Gasteiger partial charge in [-0.2, -0.15) is 4.72 Å². The number of nitrogens with zero attached hydrogens (tertiary/aromatic N) is 2. The van der Waals surface area contributed by atoms with Gasteiger partial charge in [0.25, 0.3) is 5.91 Å². The zero-order valence-corrected chi connectivity index (χ0v) is 21.5. The fourth-order valence-electron chi connectivity index (χ4n) is 4.31. The standard InChI is InChI=1S/C25H31FN6O5S/c26-21-8-7-18(32-13-9-17(10-14-32)30-25-27-11-4-12-28-25)15-20(21)23(33)29-16-22(24(34)35)31-38(36,37)19-5-2-1-3-6-19/h1-3,5-8,15,17,22,31H,4,9-14,16H2,(H,29,33)(H,34,35)(H2,27,28,30)/t22-/m0/s1. The lowest BCUT2D eigenvalue weighted by Crippen LogP contribution is -2.50. The van der Waals surface area contributed by atoms with E-state index in [0.29, 0.717) is 18.8 Å². The highest BCUT2D eigenvalue weighted by Gasteiger charge is 2.27. The van der Waals surface area contributed by atoms with Crippen molar-refractivity contribution in [1.29, 1.82) is 0 Å². The number of carboxylic acid groups (broad SMARTS) is 1. The van der Waals surface area contributed by atoms with E-state index in [-0.39, 0.29) is 16.5 Å². The predicted molar refractivity (Wildman–Crippen MR) is 140 cm³/mol. The second kappa shape index (κ2) is 12.2. The SMILES string of the molecule is O=C(NC[C@H](NS(=O)(=O)c1ccccc1)C(=O)O)c1cc(N2CCC(NC3=NCCCN3)CC2)ccc1F.